The standard InChI is InChI=1S/C34H40N6O/c1-23(25-14-18-28(19-15-25)40-22-26-8-4-5-9-29(26)33(40)41)20-35-21-24-12-16-27(17-13-24)36-34-37-31-11-7-6-10-30(31)32(38-34)39(2)3/h4-11,14-15,18-19,22-24,27,35,41H,12-13,16-17,20-21H2,1-3H3,(H,36,37,38). The van der Waals surface area contributed by atoms with Crippen LogP contribution in [-0.4, -0.2) is 52.9 Å². The summed E-state index contributed by atoms with van der Waals surface area (Å²) >= 11 is 0. The zero-order chi connectivity index (χ0) is 28.3. The number of hydrogen-bond acceptors (Lipinski definition) is 6. The number of fused-ring (bicyclic) bond motifs is 2. The molecule has 2 heterocycles. The molecule has 6 rings (SSSR count). The van der Waals surface area contributed by atoms with E-state index in [0.717, 1.165) is 65.1 Å². The van der Waals surface area contributed by atoms with Gasteiger partial charge in [-0.05, 0) is 80.0 Å². The number of rotatable bonds is 9. The molecule has 1 fully saturated rings. The van der Waals surface area contributed by atoms with Crippen LogP contribution in [0.15, 0.2) is 79.0 Å². The molecule has 7 nitrogen and oxygen atoms in total. The largest absolute Gasteiger partial charge is 0.494 e. The van der Waals surface area contributed by atoms with Gasteiger partial charge in [0.2, 0.25) is 11.8 Å². The Morgan fingerprint density at radius 2 is 1.61 bits per heavy atom. The molecule has 1 atom stereocenters. The van der Waals surface area contributed by atoms with Crippen LogP contribution < -0.4 is 15.5 Å². The molecular weight excluding hydrogens is 508 g/mol. The van der Waals surface area contributed by atoms with Gasteiger partial charge in [0, 0.05) is 54.7 Å². The molecule has 1 unspecified atom stereocenters. The van der Waals surface area contributed by atoms with Crippen LogP contribution in [0.25, 0.3) is 27.4 Å². The lowest BCUT2D eigenvalue weighted by Crippen LogP contribution is -2.33. The highest BCUT2D eigenvalue weighted by atomic mass is 16.3. The van der Waals surface area contributed by atoms with Crippen molar-refractivity contribution in [1.82, 2.24) is 19.9 Å². The van der Waals surface area contributed by atoms with Gasteiger partial charge < -0.3 is 20.6 Å². The van der Waals surface area contributed by atoms with Crippen LogP contribution in [0.4, 0.5) is 11.8 Å². The molecule has 5 aromatic rings. The van der Waals surface area contributed by atoms with E-state index in [4.69, 9.17) is 9.97 Å². The lowest BCUT2D eigenvalue weighted by Gasteiger charge is -2.30. The van der Waals surface area contributed by atoms with Crippen LogP contribution in [0.2, 0.25) is 0 Å². The Balaban J connectivity index is 0.979. The Bertz CT molecular complexity index is 1620. The second-order valence-corrected chi connectivity index (χ2v) is 11.7. The summed E-state index contributed by atoms with van der Waals surface area (Å²) in [5.74, 6) is 3.08. The summed E-state index contributed by atoms with van der Waals surface area (Å²) in [4.78, 5) is 11.7. The third kappa shape index (κ3) is 5.86. The summed E-state index contributed by atoms with van der Waals surface area (Å²) in [5, 5.41) is 21.0. The monoisotopic (exact) mass is 548 g/mol. The topological polar surface area (TPSA) is 78.2 Å². The molecule has 0 amide bonds. The number of benzene rings is 3. The Labute approximate surface area is 242 Å². The Morgan fingerprint density at radius 3 is 2.34 bits per heavy atom. The summed E-state index contributed by atoms with van der Waals surface area (Å²) in [7, 11) is 4.06. The minimum absolute atomic E-state index is 0.288. The number of aromatic hydroxyl groups is 1. The number of nitrogens with zero attached hydrogens (tertiary/aromatic N) is 4. The maximum absolute atomic E-state index is 10.7. The highest BCUT2D eigenvalue weighted by Gasteiger charge is 2.22. The van der Waals surface area contributed by atoms with Crippen molar-refractivity contribution in [1.29, 1.82) is 0 Å². The quantitative estimate of drug-likeness (QED) is 0.190. The van der Waals surface area contributed by atoms with Crippen LogP contribution in [0.1, 0.15) is 44.1 Å². The second kappa shape index (κ2) is 11.8. The van der Waals surface area contributed by atoms with Crippen LogP contribution in [0.5, 0.6) is 5.88 Å². The summed E-state index contributed by atoms with van der Waals surface area (Å²) < 4.78 is 1.86. The van der Waals surface area contributed by atoms with Crippen LogP contribution in [0.3, 0.4) is 0 Å². The highest BCUT2D eigenvalue weighted by molar-refractivity contribution is 5.90. The third-order valence-electron chi connectivity index (χ3n) is 8.51. The predicted molar refractivity (Wildman–Crippen MR) is 169 cm³/mol. The second-order valence-electron chi connectivity index (χ2n) is 11.7. The van der Waals surface area contributed by atoms with Crippen molar-refractivity contribution in [3.05, 3.63) is 84.6 Å². The lowest BCUT2D eigenvalue weighted by molar-refractivity contribution is 0.322. The number of anilines is 2. The zero-order valence-electron chi connectivity index (χ0n) is 24.2. The fourth-order valence-corrected chi connectivity index (χ4v) is 6.08. The van der Waals surface area contributed by atoms with Crippen LogP contribution >= 0.6 is 0 Å². The molecular formula is C34H40N6O. The van der Waals surface area contributed by atoms with Gasteiger partial charge in [-0.1, -0.05) is 49.4 Å². The molecule has 7 heteroatoms. The third-order valence-corrected chi connectivity index (χ3v) is 8.51. The normalized spacial score (nSPS) is 18.0. The molecule has 0 aliphatic heterocycles. The Morgan fingerprint density at radius 1 is 0.902 bits per heavy atom. The van der Waals surface area contributed by atoms with E-state index in [9.17, 15) is 5.11 Å². The molecule has 41 heavy (non-hydrogen) atoms. The van der Waals surface area contributed by atoms with Crippen molar-refractivity contribution in [2.75, 3.05) is 37.4 Å². The SMILES string of the molecule is CC(CNCC1CCC(Nc2nc(N(C)C)c3ccccc3n2)CC1)c1ccc(-n2cc3ccccc3c2O)cc1. The first-order chi connectivity index (χ1) is 20.0. The summed E-state index contributed by atoms with van der Waals surface area (Å²) in [6, 6.07) is 25.1. The van der Waals surface area contributed by atoms with E-state index in [1.165, 1.54) is 18.4 Å². The van der Waals surface area contributed by atoms with E-state index in [-0.39, 0.29) is 5.88 Å². The minimum Gasteiger partial charge on any atom is -0.494 e. The van der Waals surface area contributed by atoms with Crippen molar-refractivity contribution in [2.45, 2.75) is 44.6 Å². The maximum Gasteiger partial charge on any atom is 0.225 e. The molecule has 0 bridgehead atoms. The Kier molecular flexibility index (Phi) is 7.79. The number of aromatic nitrogens is 3. The van der Waals surface area contributed by atoms with Crippen molar-refractivity contribution >= 4 is 33.4 Å². The fraction of sp³-hybridized carbons (Fsp3) is 0.353. The molecule has 3 aromatic carbocycles. The molecule has 2 aromatic heterocycles. The van der Waals surface area contributed by atoms with Gasteiger partial charge in [-0.2, -0.15) is 4.98 Å². The van der Waals surface area contributed by atoms with Crippen LogP contribution in [0, 0.1) is 5.92 Å². The maximum atomic E-state index is 10.7. The van der Waals surface area contributed by atoms with Crippen molar-refractivity contribution in [3.63, 3.8) is 0 Å². The van der Waals surface area contributed by atoms with Crippen LogP contribution in [-0.2, 0) is 0 Å². The molecule has 1 aliphatic carbocycles. The van der Waals surface area contributed by atoms with E-state index in [0.29, 0.717) is 17.9 Å². The molecule has 1 aliphatic rings. The van der Waals surface area contributed by atoms with E-state index in [1.807, 2.05) is 61.3 Å². The van der Waals surface area contributed by atoms with E-state index < -0.39 is 0 Å². The first-order valence-electron chi connectivity index (χ1n) is 14.8. The number of nitrogens with one attached hydrogen (secondary N) is 2. The van der Waals surface area contributed by atoms with Gasteiger partial charge in [0.15, 0.2) is 0 Å². The minimum atomic E-state index is 0.288. The van der Waals surface area contributed by atoms with Gasteiger partial charge in [0.05, 0.1) is 5.52 Å². The summed E-state index contributed by atoms with van der Waals surface area (Å²) in [5.41, 5.74) is 3.25. The van der Waals surface area contributed by atoms with Gasteiger partial charge in [0.25, 0.3) is 0 Å². The van der Waals surface area contributed by atoms with Crippen molar-refractivity contribution in [3.8, 4) is 11.6 Å². The van der Waals surface area contributed by atoms with Crippen molar-refractivity contribution in [2.24, 2.45) is 5.92 Å². The molecule has 0 radical (unpaired) electrons. The molecule has 3 N–H and O–H groups in total. The summed E-state index contributed by atoms with van der Waals surface area (Å²) in [6.07, 6.45) is 6.67. The molecule has 0 spiro atoms. The molecule has 1 saturated carbocycles. The first-order valence-corrected chi connectivity index (χ1v) is 14.8. The smallest absolute Gasteiger partial charge is 0.225 e. The summed E-state index contributed by atoms with van der Waals surface area (Å²) in [6.45, 7) is 4.28. The predicted octanol–water partition coefficient (Wildman–Crippen LogP) is 6.71. The number of hydrogen-bond donors (Lipinski definition) is 3. The van der Waals surface area contributed by atoms with E-state index >= 15 is 0 Å². The van der Waals surface area contributed by atoms with Gasteiger partial charge >= 0.3 is 0 Å². The van der Waals surface area contributed by atoms with Gasteiger partial charge in [0.1, 0.15) is 5.82 Å². The van der Waals surface area contributed by atoms with E-state index in [1.54, 1.807) is 0 Å². The van der Waals surface area contributed by atoms with E-state index in [2.05, 4.69) is 58.9 Å². The molecule has 0 saturated heterocycles. The molecule has 212 valence electrons. The average molecular weight is 549 g/mol. The lowest BCUT2D eigenvalue weighted by atomic mass is 9.86. The number of para-hydroxylation sites is 1. The van der Waals surface area contributed by atoms with Gasteiger partial charge in [-0.15, -0.1) is 0 Å². The van der Waals surface area contributed by atoms with Crippen molar-refractivity contribution < 1.29 is 5.11 Å². The van der Waals surface area contributed by atoms with Gasteiger partial charge in [-0.25, -0.2) is 4.98 Å². The fourth-order valence-electron chi connectivity index (χ4n) is 6.08. The first kappa shape index (κ1) is 27.1. The van der Waals surface area contributed by atoms with Gasteiger partial charge in [-0.3, -0.25) is 4.57 Å². The average Bonchev–Trinajstić information content (AvgIpc) is 3.34. The zero-order valence-corrected chi connectivity index (χ0v) is 24.2. The highest BCUT2D eigenvalue weighted by Crippen LogP contribution is 2.31. The Hall–Kier alpha value is -4.10.